The van der Waals surface area contributed by atoms with Gasteiger partial charge >= 0.3 is 11.9 Å². The first-order valence-electron chi connectivity index (χ1n) is 18.5. The summed E-state index contributed by atoms with van der Waals surface area (Å²) in [6, 6.07) is -1.27. The Morgan fingerprint density at radius 2 is 1.28 bits per heavy atom. The van der Waals surface area contributed by atoms with Crippen LogP contribution in [0.25, 0.3) is 0 Å². The van der Waals surface area contributed by atoms with Gasteiger partial charge in [-0.05, 0) is 31.7 Å². The fraction of sp³-hybridized carbons (Fsp3) is 0.632. The van der Waals surface area contributed by atoms with E-state index >= 15 is 8.78 Å². The van der Waals surface area contributed by atoms with Gasteiger partial charge in [0.1, 0.15) is 34.5 Å². The molecule has 2 aromatic rings. The number of benzene rings is 2. The number of carbonyl (C=O) groups is 2. The van der Waals surface area contributed by atoms with E-state index in [0.717, 1.165) is 0 Å². The fourth-order valence-corrected chi connectivity index (χ4v) is 12.9. The quantitative estimate of drug-likeness (QED) is 0.159. The topological polar surface area (TPSA) is 124 Å². The van der Waals surface area contributed by atoms with E-state index in [1.54, 1.807) is 11.8 Å². The minimum Gasteiger partial charge on any atom is -0.458 e. The highest BCUT2D eigenvalue weighted by Crippen LogP contribution is 2.80. The predicted octanol–water partition coefficient (Wildman–Crippen LogP) is 4.74. The third kappa shape index (κ3) is 4.72. The minimum atomic E-state index is -2.54. The molecule has 20 heteroatoms. The van der Waals surface area contributed by atoms with Gasteiger partial charge in [-0.25, -0.2) is 53.5 Å². The number of hydrogen-bond donors (Lipinski definition) is 2. The summed E-state index contributed by atoms with van der Waals surface area (Å²) in [7, 11) is 3.86. The van der Waals surface area contributed by atoms with Gasteiger partial charge in [-0.15, -0.1) is 0 Å². The van der Waals surface area contributed by atoms with Crippen LogP contribution in [0.3, 0.4) is 0 Å². The van der Waals surface area contributed by atoms with Gasteiger partial charge in [-0.2, -0.15) is 0 Å². The predicted molar refractivity (Wildman–Crippen MR) is 173 cm³/mol. The highest BCUT2D eigenvalue weighted by Gasteiger charge is 2.92. The molecule has 2 N–H and O–H groups in total. The molecule has 1 saturated heterocycles. The molecule has 318 valence electrons. The summed E-state index contributed by atoms with van der Waals surface area (Å²) in [6.07, 6.45) is -6.33. The lowest BCUT2D eigenvalue weighted by molar-refractivity contribution is -0.316. The van der Waals surface area contributed by atoms with Gasteiger partial charge in [0.15, 0.2) is 46.5 Å². The lowest BCUT2D eigenvalue weighted by Gasteiger charge is -2.69. The lowest BCUT2D eigenvalue weighted by atomic mass is 9.42. The zero-order valence-corrected chi connectivity index (χ0v) is 31.1. The highest BCUT2D eigenvalue weighted by molar-refractivity contribution is 5.91. The lowest BCUT2D eigenvalue weighted by Crippen LogP contribution is -2.82. The molecule has 2 unspecified atom stereocenters. The third-order valence-corrected chi connectivity index (χ3v) is 14.5. The van der Waals surface area contributed by atoms with E-state index in [4.69, 9.17) is 23.7 Å². The van der Waals surface area contributed by atoms with Gasteiger partial charge in [0.25, 0.3) is 0 Å². The van der Waals surface area contributed by atoms with Crippen LogP contribution in [0.4, 0.5) is 43.9 Å². The Kier molecular flexibility index (Phi) is 9.57. The summed E-state index contributed by atoms with van der Waals surface area (Å²) in [5.41, 5.74) is -11.4. The number of carbonyl (C=O) groups excluding carboxylic acids is 2. The Bertz CT molecular complexity index is 2060. The summed E-state index contributed by atoms with van der Waals surface area (Å²) in [5.74, 6) is -33.2. The first-order chi connectivity index (χ1) is 27.3. The van der Waals surface area contributed by atoms with E-state index < -0.39 is 157 Å². The molecule has 1 heterocycles. The Balaban J connectivity index is 1.34. The number of aliphatic hydroxyl groups is 2. The molecule has 0 aromatic heterocycles. The highest BCUT2D eigenvalue weighted by atomic mass is 19.2. The molecule has 5 aliphatic carbocycles. The SMILES string of the molecule is CCN1C[C@]2(COC)CC[C@H](OC(=O)c3c(F)c(F)c(F)c(F)c3F)[C@]34[C@@H]5CC6[C@@H](OC)C[C@@](O)([C@H]5[C@H]6OC(=O)c5c(F)c(F)c(F)c(F)c5F)C(O)([C@@H]13)[C@@H](OC)[C@H]24. The summed E-state index contributed by atoms with van der Waals surface area (Å²) in [4.78, 5) is 29.2. The molecule has 8 rings (SSSR count). The molecule has 0 amide bonds. The van der Waals surface area contributed by atoms with Gasteiger partial charge in [-0.3, -0.25) is 4.90 Å². The van der Waals surface area contributed by atoms with E-state index in [1.165, 1.54) is 21.3 Å². The number of likely N-dealkylation sites (N-methyl/N-ethyl adjacent to an activating group) is 1. The molecule has 1 aliphatic heterocycles. The van der Waals surface area contributed by atoms with Crippen molar-refractivity contribution in [3.63, 3.8) is 0 Å². The van der Waals surface area contributed by atoms with Crippen molar-refractivity contribution in [2.45, 2.75) is 74.3 Å². The molecular formula is C38H37F10NO9. The summed E-state index contributed by atoms with van der Waals surface area (Å²) in [6.45, 7) is 2.07. The average Bonchev–Trinajstić information content (AvgIpc) is 3.59. The first kappa shape index (κ1) is 41.2. The first-order valence-corrected chi connectivity index (χ1v) is 18.5. The maximum atomic E-state index is 15.1. The summed E-state index contributed by atoms with van der Waals surface area (Å²) < 4.78 is 175. The number of likely N-dealkylation sites (tertiary alicyclic amines) is 1. The maximum Gasteiger partial charge on any atom is 0.344 e. The second kappa shape index (κ2) is 13.5. The number of fused-ring (bicyclic) bond motifs is 2. The molecule has 13 atom stereocenters. The zero-order valence-electron chi connectivity index (χ0n) is 31.1. The van der Waals surface area contributed by atoms with E-state index in [-0.39, 0.29) is 45.4 Å². The number of nitrogens with zero attached hydrogens (tertiary/aromatic N) is 1. The van der Waals surface area contributed by atoms with Gasteiger partial charge in [-0.1, -0.05) is 6.92 Å². The Morgan fingerprint density at radius 3 is 1.76 bits per heavy atom. The number of hydrogen-bond acceptors (Lipinski definition) is 10. The molecule has 5 saturated carbocycles. The van der Waals surface area contributed by atoms with Gasteiger partial charge in [0.2, 0.25) is 11.6 Å². The standard InChI is InChI=1S/C38H37F10NO9/c1-5-49-10-35(11-54-2)7-6-15(57-32(50)16-19(39)23(43)27(47)24(44)20(16)40)37-13-8-12-14(55-3)9-36(52,38(53,34(37)49)31(56-4)30(35)37)18(13)29(12)58-33(51)17-21(41)25(45)28(48)26(46)22(17)42/h12-15,18,29-31,34,52-53H,5-11H2,1-4H3/t12?,13-,14+,15+,18-,29+,30-,31+,34+,35+,36-,37+,38?/m1/s1. The van der Waals surface area contributed by atoms with E-state index in [2.05, 4.69) is 0 Å². The van der Waals surface area contributed by atoms with Crippen LogP contribution >= 0.6 is 0 Å². The number of ether oxygens (including phenoxy) is 5. The molecule has 2 aromatic carbocycles. The van der Waals surface area contributed by atoms with Crippen molar-refractivity contribution in [1.29, 1.82) is 0 Å². The average molecular weight is 842 g/mol. The Hall–Kier alpha value is -3.56. The van der Waals surface area contributed by atoms with Crippen LogP contribution in [-0.2, 0) is 23.7 Å². The van der Waals surface area contributed by atoms with Crippen LogP contribution in [0.5, 0.6) is 0 Å². The second-order valence-corrected chi connectivity index (χ2v) is 16.3. The van der Waals surface area contributed by atoms with Crippen molar-refractivity contribution >= 4 is 11.9 Å². The molecule has 1 spiro atoms. The monoisotopic (exact) mass is 841 g/mol. The maximum absolute atomic E-state index is 15.1. The van der Waals surface area contributed by atoms with Crippen LogP contribution in [-0.4, -0.2) is 110 Å². The van der Waals surface area contributed by atoms with Gasteiger partial charge < -0.3 is 33.9 Å². The van der Waals surface area contributed by atoms with Crippen LogP contribution in [0.15, 0.2) is 0 Å². The molecule has 6 aliphatic rings. The summed E-state index contributed by atoms with van der Waals surface area (Å²) in [5, 5.41) is 26.7. The smallest absolute Gasteiger partial charge is 0.344 e. The molecule has 0 radical (unpaired) electrons. The van der Waals surface area contributed by atoms with E-state index in [0.29, 0.717) is 0 Å². The number of rotatable bonds is 9. The van der Waals surface area contributed by atoms with Crippen LogP contribution in [0.2, 0.25) is 0 Å². The zero-order chi connectivity index (χ0) is 42.3. The van der Waals surface area contributed by atoms with Crippen LogP contribution < -0.4 is 0 Å². The van der Waals surface area contributed by atoms with Crippen LogP contribution in [0.1, 0.15) is 53.3 Å². The fourth-order valence-electron chi connectivity index (χ4n) is 12.9. The van der Waals surface area contributed by atoms with Crippen molar-refractivity contribution in [2.24, 2.45) is 34.5 Å². The van der Waals surface area contributed by atoms with Gasteiger partial charge in [0, 0.05) is 62.9 Å². The largest absolute Gasteiger partial charge is 0.458 e. The Labute approximate surface area is 323 Å². The Morgan fingerprint density at radius 1 is 0.759 bits per heavy atom. The van der Waals surface area contributed by atoms with E-state index in [1.807, 2.05) is 0 Å². The van der Waals surface area contributed by atoms with Crippen molar-refractivity contribution in [3.8, 4) is 0 Å². The van der Waals surface area contributed by atoms with Crippen LogP contribution in [0, 0.1) is 92.7 Å². The molecular weight excluding hydrogens is 804 g/mol. The summed E-state index contributed by atoms with van der Waals surface area (Å²) >= 11 is 0. The number of esters is 2. The van der Waals surface area contributed by atoms with Crippen molar-refractivity contribution < 1.29 is 87.4 Å². The third-order valence-electron chi connectivity index (χ3n) is 14.5. The molecule has 58 heavy (non-hydrogen) atoms. The van der Waals surface area contributed by atoms with Crippen molar-refractivity contribution in [2.75, 3.05) is 41.0 Å². The normalized spacial score (nSPS) is 39.6. The van der Waals surface area contributed by atoms with E-state index in [9.17, 15) is 54.9 Å². The molecule has 6 fully saturated rings. The molecule has 10 nitrogen and oxygen atoms in total. The molecule has 7 bridgehead atoms. The van der Waals surface area contributed by atoms with Crippen molar-refractivity contribution in [3.05, 3.63) is 69.3 Å². The van der Waals surface area contributed by atoms with Crippen molar-refractivity contribution in [1.82, 2.24) is 4.90 Å². The van der Waals surface area contributed by atoms with Gasteiger partial charge in [0.05, 0.1) is 24.9 Å². The second-order valence-electron chi connectivity index (χ2n) is 16.3. The number of halogens is 10. The number of piperidine rings is 1. The number of methoxy groups -OCH3 is 3. The minimum absolute atomic E-state index is 0.0184.